The molecule has 0 bridgehead atoms. The lowest BCUT2D eigenvalue weighted by atomic mass is 9.77. The highest BCUT2D eigenvalue weighted by molar-refractivity contribution is 6.02. The predicted octanol–water partition coefficient (Wildman–Crippen LogP) is 3.69. The highest BCUT2D eigenvalue weighted by Crippen LogP contribution is 2.46. The summed E-state index contributed by atoms with van der Waals surface area (Å²) < 4.78 is 0. The summed E-state index contributed by atoms with van der Waals surface area (Å²) in [7, 11) is 0. The number of rotatable bonds is 1. The Labute approximate surface area is 127 Å². The number of phenols is 2. The molecule has 0 radical (unpaired) electrons. The third-order valence-corrected chi connectivity index (χ3v) is 4.48. The Morgan fingerprint density at radius 2 is 1.82 bits per heavy atom. The number of fused-ring (bicyclic) bond motifs is 2. The maximum atomic E-state index is 12.2. The summed E-state index contributed by atoms with van der Waals surface area (Å²) in [5.74, 6) is -0.200. The van der Waals surface area contributed by atoms with Crippen molar-refractivity contribution in [2.75, 3.05) is 0 Å². The predicted molar refractivity (Wildman–Crippen MR) is 83.5 cm³/mol. The summed E-state index contributed by atoms with van der Waals surface area (Å²) in [6.07, 6.45) is 2.93. The minimum Gasteiger partial charge on any atom is -0.508 e. The average Bonchev–Trinajstić information content (AvgIpc) is 2.95. The zero-order valence-corrected chi connectivity index (χ0v) is 11.8. The van der Waals surface area contributed by atoms with E-state index in [2.05, 4.69) is 4.98 Å². The topological polar surface area (TPSA) is 73.3 Å². The molecular weight excluding hydrogens is 278 g/mol. The van der Waals surface area contributed by atoms with Crippen LogP contribution in [0.3, 0.4) is 0 Å². The first-order chi connectivity index (χ1) is 10.7. The molecule has 1 aromatic heterocycles. The zero-order valence-electron chi connectivity index (χ0n) is 11.8. The summed E-state index contributed by atoms with van der Waals surface area (Å²) in [5.41, 5.74) is 2.88. The normalized spacial score (nSPS) is 17.6. The largest absolute Gasteiger partial charge is 0.508 e. The lowest BCUT2D eigenvalue weighted by molar-refractivity contribution is 0.0965. The first-order valence-electron chi connectivity index (χ1n) is 7.31. The summed E-state index contributed by atoms with van der Waals surface area (Å²) >= 11 is 0. The van der Waals surface area contributed by atoms with E-state index in [4.69, 9.17) is 0 Å². The second-order valence-electron chi connectivity index (χ2n) is 5.70. The van der Waals surface area contributed by atoms with Gasteiger partial charge in [-0.2, -0.15) is 0 Å². The van der Waals surface area contributed by atoms with Gasteiger partial charge in [-0.25, -0.2) is 0 Å². The van der Waals surface area contributed by atoms with E-state index < -0.39 is 0 Å². The van der Waals surface area contributed by atoms with E-state index in [9.17, 15) is 15.0 Å². The van der Waals surface area contributed by atoms with Crippen molar-refractivity contribution in [1.29, 1.82) is 0 Å². The molecule has 22 heavy (non-hydrogen) atoms. The van der Waals surface area contributed by atoms with Gasteiger partial charge < -0.3 is 15.2 Å². The van der Waals surface area contributed by atoms with Gasteiger partial charge in [0, 0.05) is 35.0 Å². The number of phenolic OH excluding ortho intramolecular Hbond substituents is 2. The third-order valence-electron chi connectivity index (χ3n) is 4.48. The number of hydrogen-bond donors (Lipinski definition) is 3. The number of aromatic amines is 1. The number of carbonyl (C=O) groups excluding carboxylic acids is 1. The molecule has 1 aliphatic rings. The monoisotopic (exact) mass is 293 g/mol. The number of nitrogens with one attached hydrogen (secondary N) is 1. The minimum absolute atomic E-state index is 0.0534. The van der Waals surface area contributed by atoms with Gasteiger partial charge in [0.1, 0.15) is 11.5 Å². The van der Waals surface area contributed by atoms with Gasteiger partial charge in [-0.05, 0) is 30.2 Å². The lowest BCUT2D eigenvalue weighted by Gasteiger charge is -2.26. The van der Waals surface area contributed by atoms with Crippen LogP contribution in [0.15, 0.2) is 42.6 Å². The Kier molecular flexibility index (Phi) is 2.73. The van der Waals surface area contributed by atoms with Gasteiger partial charge in [0.15, 0.2) is 5.78 Å². The molecule has 0 unspecified atom stereocenters. The number of ketones is 1. The van der Waals surface area contributed by atoms with Gasteiger partial charge >= 0.3 is 0 Å². The molecule has 0 amide bonds. The molecule has 0 spiro atoms. The quantitative estimate of drug-likeness (QED) is 0.599. The fourth-order valence-corrected chi connectivity index (χ4v) is 3.48. The van der Waals surface area contributed by atoms with E-state index in [1.54, 1.807) is 0 Å². The molecule has 110 valence electrons. The Hall–Kier alpha value is -2.75. The summed E-state index contributed by atoms with van der Waals surface area (Å²) in [4.78, 5) is 15.4. The molecule has 4 nitrogen and oxygen atoms in total. The number of hydrogen-bond acceptors (Lipinski definition) is 3. The molecule has 3 aromatic rings. The Balaban J connectivity index is 1.98. The fraction of sp³-hybridized carbons (Fsp3) is 0.167. The molecule has 1 aliphatic carbocycles. The Morgan fingerprint density at radius 1 is 1.05 bits per heavy atom. The summed E-state index contributed by atoms with van der Waals surface area (Å²) in [6, 6.07) is 10.8. The van der Waals surface area contributed by atoms with E-state index >= 15 is 0 Å². The van der Waals surface area contributed by atoms with Crippen LogP contribution in [0.1, 0.15) is 40.2 Å². The van der Waals surface area contributed by atoms with Gasteiger partial charge in [-0.1, -0.05) is 18.2 Å². The van der Waals surface area contributed by atoms with Gasteiger partial charge in [0.2, 0.25) is 0 Å². The van der Waals surface area contributed by atoms with Crippen molar-refractivity contribution < 1.29 is 15.0 Å². The van der Waals surface area contributed by atoms with E-state index in [1.165, 1.54) is 12.1 Å². The highest BCUT2D eigenvalue weighted by Gasteiger charge is 2.32. The molecule has 1 heterocycles. The van der Waals surface area contributed by atoms with Crippen molar-refractivity contribution in [1.82, 2.24) is 4.98 Å². The molecule has 1 atom stereocenters. The second kappa shape index (κ2) is 4.63. The molecule has 0 saturated heterocycles. The molecule has 2 aromatic carbocycles. The standard InChI is InChI=1S/C18H15NO3/c20-14-7-8-16(22)18-15(21)6-5-11(17(14)18)12-9-19-13-4-2-1-3-10(12)13/h1-4,7-9,11,19-20,22H,5-6H2/t11-/m1/s1. The number of benzene rings is 2. The molecule has 0 saturated carbocycles. The van der Waals surface area contributed by atoms with Gasteiger partial charge in [0.05, 0.1) is 5.56 Å². The van der Waals surface area contributed by atoms with Crippen molar-refractivity contribution in [3.63, 3.8) is 0 Å². The van der Waals surface area contributed by atoms with Crippen LogP contribution in [0.4, 0.5) is 0 Å². The fourth-order valence-electron chi connectivity index (χ4n) is 3.48. The molecule has 3 N–H and O–H groups in total. The van der Waals surface area contributed by atoms with Gasteiger partial charge in [0.25, 0.3) is 0 Å². The van der Waals surface area contributed by atoms with Crippen LogP contribution < -0.4 is 0 Å². The average molecular weight is 293 g/mol. The number of aromatic nitrogens is 1. The van der Waals surface area contributed by atoms with Crippen molar-refractivity contribution in [2.24, 2.45) is 0 Å². The molecular formula is C18H15NO3. The number of para-hydroxylation sites is 1. The molecule has 4 rings (SSSR count). The van der Waals surface area contributed by atoms with Crippen molar-refractivity contribution in [2.45, 2.75) is 18.8 Å². The second-order valence-corrected chi connectivity index (χ2v) is 5.70. The first kappa shape index (κ1) is 13.0. The van der Waals surface area contributed by atoms with Crippen LogP contribution in [0.5, 0.6) is 11.5 Å². The maximum absolute atomic E-state index is 12.2. The van der Waals surface area contributed by atoms with E-state index in [0.717, 1.165) is 16.5 Å². The van der Waals surface area contributed by atoms with Crippen LogP contribution in [-0.4, -0.2) is 21.0 Å². The molecule has 4 heteroatoms. The number of Topliss-reactive ketones (excluding diaryl/α,β-unsaturated/α-hetero) is 1. The molecule has 0 aliphatic heterocycles. The zero-order chi connectivity index (χ0) is 15.3. The SMILES string of the molecule is O=C1CC[C@H](c2c[nH]c3ccccc23)c2c(O)ccc(O)c21. The van der Waals surface area contributed by atoms with Crippen LogP contribution >= 0.6 is 0 Å². The third kappa shape index (κ3) is 1.73. The van der Waals surface area contributed by atoms with Crippen molar-refractivity contribution in [3.05, 3.63) is 59.3 Å². The van der Waals surface area contributed by atoms with E-state index in [0.29, 0.717) is 18.4 Å². The van der Waals surface area contributed by atoms with E-state index in [-0.39, 0.29) is 28.8 Å². The minimum atomic E-state index is -0.112. The first-order valence-corrected chi connectivity index (χ1v) is 7.31. The maximum Gasteiger partial charge on any atom is 0.167 e. The van der Waals surface area contributed by atoms with Crippen molar-refractivity contribution in [3.8, 4) is 11.5 Å². The van der Waals surface area contributed by atoms with E-state index in [1.807, 2.05) is 30.5 Å². The van der Waals surface area contributed by atoms with Crippen LogP contribution in [-0.2, 0) is 0 Å². The number of H-pyrrole nitrogens is 1. The smallest absolute Gasteiger partial charge is 0.167 e. The number of carbonyl (C=O) groups is 1. The Bertz CT molecular complexity index is 894. The van der Waals surface area contributed by atoms with Crippen LogP contribution in [0, 0.1) is 0 Å². The lowest BCUT2D eigenvalue weighted by Crippen LogP contribution is -2.17. The van der Waals surface area contributed by atoms with Gasteiger partial charge in [-0.3, -0.25) is 4.79 Å². The Morgan fingerprint density at radius 3 is 2.68 bits per heavy atom. The summed E-state index contributed by atoms with van der Waals surface area (Å²) in [6.45, 7) is 0. The highest BCUT2D eigenvalue weighted by atomic mass is 16.3. The van der Waals surface area contributed by atoms with Crippen LogP contribution in [0.25, 0.3) is 10.9 Å². The summed E-state index contributed by atoms with van der Waals surface area (Å²) in [5, 5.41) is 21.4. The van der Waals surface area contributed by atoms with Crippen molar-refractivity contribution >= 4 is 16.7 Å². The van der Waals surface area contributed by atoms with Gasteiger partial charge in [-0.15, -0.1) is 0 Å². The number of aromatic hydroxyl groups is 2. The van der Waals surface area contributed by atoms with Crippen LogP contribution in [0.2, 0.25) is 0 Å². The molecule has 0 fully saturated rings.